The van der Waals surface area contributed by atoms with Gasteiger partial charge in [0.25, 0.3) is 0 Å². The van der Waals surface area contributed by atoms with Crippen molar-refractivity contribution < 1.29 is 0 Å². The second kappa shape index (κ2) is 99.1. The molecule has 90 heavy (non-hydrogen) atoms. The first-order chi connectivity index (χ1) is 43.9. The van der Waals surface area contributed by atoms with Crippen LogP contribution < -0.4 is 0 Å². The summed E-state index contributed by atoms with van der Waals surface area (Å²) in [6.45, 7) is 59.4. The highest BCUT2D eigenvalue weighted by Gasteiger charge is 1.80. The van der Waals surface area contributed by atoms with E-state index in [1.807, 2.05) is 287 Å². The highest BCUT2D eigenvalue weighted by molar-refractivity contribution is 5.05. The Morgan fingerprint density at radius 3 is 0.778 bits per heavy atom. The first-order valence-electron chi connectivity index (χ1n) is 31.7. The highest BCUT2D eigenvalue weighted by atomic mass is 15.1. The first-order valence-corrected chi connectivity index (χ1v) is 31.7. The lowest BCUT2D eigenvalue weighted by Gasteiger charge is -1.82. The third-order valence-corrected chi connectivity index (χ3v) is 7.37. The molecule has 17 nitrogen and oxygen atoms in total. The predicted molar refractivity (Wildman–Crippen MR) is 388 cm³/mol. The summed E-state index contributed by atoms with van der Waals surface area (Å²) in [6, 6.07) is 26.8. The standard InChI is InChI=1S/3C6H7N.7C5H6N2.10C2H6/c1-6-3-2-4-7-5-6;2*1-6-4-2-3-5-7-6;1-5-2-6-4-7-3-5;1-5-4-6-2-3-7-5;1-5-2-3-6-4-7-5;1-5-2-3-6-7-4-5;2*1-5-6-3-2-4-7-5;1-5-3-2-4-6-7-5;10*1-2/h3*2-5H,1H3;7*2-4H,1H3;10*1-2H3. The molecule has 0 aromatic carbocycles. The average Bonchev–Trinajstić information content (AvgIpc) is 3.62. The average molecular weight is 1240 g/mol. The Morgan fingerprint density at radius 2 is 0.600 bits per heavy atom. The maximum atomic E-state index is 3.98. The van der Waals surface area contributed by atoms with Crippen molar-refractivity contribution in [1.29, 1.82) is 0 Å². The molecule has 0 aliphatic rings. The Hall–Kier alpha value is -8.99. The van der Waals surface area contributed by atoms with Gasteiger partial charge in [-0.1, -0.05) is 157 Å². The van der Waals surface area contributed by atoms with Crippen LogP contribution in [0.25, 0.3) is 0 Å². The molecule has 10 heterocycles. The minimum Gasteiger partial charge on any atom is -0.264 e. The van der Waals surface area contributed by atoms with E-state index >= 15 is 0 Å². The van der Waals surface area contributed by atoms with E-state index in [0.717, 1.165) is 51.2 Å². The van der Waals surface area contributed by atoms with Crippen LogP contribution in [0, 0.1) is 69.2 Å². The van der Waals surface area contributed by atoms with E-state index in [1.165, 1.54) is 18.2 Å². The summed E-state index contributed by atoms with van der Waals surface area (Å²) in [6.07, 6.45) is 32.5. The van der Waals surface area contributed by atoms with Gasteiger partial charge in [-0.15, -0.1) is 0 Å². The van der Waals surface area contributed by atoms with Gasteiger partial charge in [-0.05, 0) is 153 Å². The van der Waals surface area contributed by atoms with Crippen LogP contribution in [0.2, 0.25) is 0 Å². The summed E-state index contributed by atoms with van der Waals surface area (Å²) in [5.41, 5.74) is 8.53. The van der Waals surface area contributed by atoms with Gasteiger partial charge in [0, 0.05) is 116 Å². The van der Waals surface area contributed by atoms with E-state index in [9.17, 15) is 0 Å². The highest BCUT2D eigenvalue weighted by Crippen LogP contribution is 1.90. The zero-order valence-electron chi connectivity index (χ0n) is 61.7. The molecule has 0 spiro atoms. The van der Waals surface area contributed by atoms with Gasteiger partial charge in [-0.2, -0.15) is 20.4 Å². The van der Waals surface area contributed by atoms with Crippen LogP contribution in [-0.2, 0) is 0 Å². The first kappa shape index (κ1) is 103. The van der Waals surface area contributed by atoms with Crippen molar-refractivity contribution in [3.8, 4) is 0 Å². The lowest BCUT2D eigenvalue weighted by atomic mass is 10.3. The molecule has 10 rings (SSSR count). The molecular weight excluding hydrogens is 1110 g/mol. The fraction of sp³-hybridized carbons (Fsp3) is 0.411. The zero-order valence-corrected chi connectivity index (χ0v) is 61.7. The predicted octanol–water partition coefficient (Wildman–Crippen LogP) is 19.9. The van der Waals surface area contributed by atoms with Crippen molar-refractivity contribution in [2.45, 2.75) is 208 Å². The lowest BCUT2D eigenvalue weighted by Crippen LogP contribution is -1.80. The number of aryl methyl sites for hydroxylation is 10. The normalized spacial score (nSPS) is 7.44. The number of pyridine rings is 3. The summed E-state index contributed by atoms with van der Waals surface area (Å²) in [5.74, 6) is 1.64. The molecule has 10 aromatic heterocycles. The molecular formula is C73H123N17. The third-order valence-electron chi connectivity index (χ3n) is 7.37. The molecule has 0 fully saturated rings. The number of aromatic nitrogens is 17. The number of hydrogen-bond acceptors (Lipinski definition) is 17. The third kappa shape index (κ3) is 95.4. The van der Waals surface area contributed by atoms with Gasteiger partial charge < -0.3 is 0 Å². The van der Waals surface area contributed by atoms with Crippen LogP contribution in [0.1, 0.15) is 195 Å². The largest absolute Gasteiger partial charge is 0.264 e. The monoisotopic (exact) mass is 1240 g/mol. The van der Waals surface area contributed by atoms with Crippen molar-refractivity contribution in [2.75, 3.05) is 0 Å². The molecule has 0 saturated carbocycles. The molecule has 0 radical (unpaired) electrons. The molecule has 500 valence electrons. The fourth-order valence-electron chi connectivity index (χ4n) is 3.93. The molecule has 0 saturated heterocycles. The maximum Gasteiger partial charge on any atom is 0.125 e. The molecule has 0 aliphatic heterocycles. The van der Waals surface area contributed by atoms with Crippen LogP contribution >= 0.6 is 0 Å². The second-order valence-corrected chi connectivity index (χ2v) is 14.0. The van der Waals surface area contributed by atoms with E-state index in [0.29, 0.717) is 0 Å². The van der Waals surface area contributed by atoms with Crippen LogP contribution in [0.4, 0.5) is 0 Å². The van der Waals surface area contributed by atoms with Gasteiger partial charge in [0.1, 0.15) is 24.3 Å². The molecule has 17 heteroatoms. The molecule has 10 aromatic rings. The van der Waals surface area contributed by atoms with E-state index in [1.54, 1.807) is 111 Å². The molecule has 0 N–H and O–H groups in total. The minimum absolute atomic E-state index is 0.822. The van der Waals surface area contributed by atoms with Gasteiger partial charge >= 0.3 is 0 Å². The summed E-state index contributed by atoms with van der Waals surface area (Å²) in [4.78, 5) is 50.2. The molecule has 0 amide bonds. The number of nitrogens with zero attached hydrogens (tertiary/aromatic N) is 17. The number of rotatable bonds is 0. The lowest BCUT2D eigenvalue weighted by molar-refractivity contribution is 0.980. The molecule has 0 atom stereocenters. The van der Waals surface area contributed by atoms with E-state index in [-0.39, 0.29) is 0 Å². The van der Waals surface area contributed by atoms with E-state index in [4.69, 9.17) is 0 Å². The number of hydrogen-bond donors (Lipinski definition) is 0. The van der Waals surface area contributed by atoms with Crippen molar-refractivity contribution >= 4 is 0 Å². The Morgan fingerprint density at radius 1 is 0.200 bits per heavy atom. The fourth-order valence-corrected chi connectivity index (χ4v) is 3.93. The van der Waals surface area contributed by atoms with E-state index < -0.39 is 0 Å². The Labute approximate surface area is 550 Å². The molecule has 0 aliphatic carbocycles. The maximum absolute atomic E-state index is 3.98. The topological polar surface area (TPSA) is 219 Å². The molecule has 0 bridgehead atoms. The summed E-state index contributed by atoms with van der Waals surface area (Å²) < 4.78 is 0. The van der Waals surface area contributed by atoms with Crippen LogP contribution in [-0.4, -0.2) is 85.2 Å². The van der Waals surface area contributed by atoms with Gasteiger partial charge in [-0.25, -0.2) is 39.9 Å². The Balaban J connectivity index is -0.0000000957. The van der Waals surface area contributed by atoms with Gasteiger partial charge in [0.2, 0.25) is 0 Å². The van der Waals surface area contributed by atoms with Gasteiger partial charge in [0.05, 0.1) is 17.6 Å². The van der Waals surface area contributed by atoms with Crippen molar-refractivity contribution in [3.63, 3.8) is 0 Å². The van der Waals surface area contributed by atoms with Crippen LogP contribution in [0.5, 0.6) is 0 Å². The Bertz CT molecular complexity index is 1990. The van der Waals surface area contributed by atoms with Crippen molar-refractivity contribution in [1.82, 2.24) is 85.2 Å². The smallest absolute Gasteiger partial charge is 0.125 e. The summed E-state index contributed by atoms with van der Waals surface area (Å²) in [7, 11) is 0. The van der Waals surface area contributed by atoms with E-state index in [2.05, 4.69) is 85.2 Å². The summed E-state index contributed by atoms with van der Waals surface area (Å²) >= 11 is 0. The van der Waals surface area contributed by atoms with Crippen molar-refractivity contribution in [3.05, 3.63) is 260 Å². The van der Waals surface area contributed by atoms with Crippen LogP contribution in [0.15, 0.2) is 203 Å². The summed E-state index contributed by atoms with van der Waals surface area (Å²) in [5, 5.41) is 14.6. The van der Waals surface area contributed by atoms with Gasteiger partial charge in [0.15, 0.2) is 0 Å². The zero-order chi connectivity index (χ0) is 71.1. The Kier molecular flexibility index (Phi) is 113. The quantitative estimate of drug-likeness (QED) is 0.138. The minimum atomic E-state index is 0.822. The SMILES string of the molecule is CC.CC.CC.CC.CC.CC.CC.CC.CC.CC.Cc1ccccn1.Cc1ccccn1.Cc1cccnc1.Cc1cccnn1.Cc1ccncn1.Cc1ccnnc1.Cc1cnccn1.Cc1cncnc1.Cc1ncccn1.Cc1ncccn1. The van der Waals surface area contributed by atoms with Gasteiger partial charge in [-0.3, -0.25) is 24.9 Å². The van der Waals surface area contributed by atoms with Crippen LogP contribution in [0.3, 0.4) is 0 Å². The van der Waals surface area contributed by atoms with Crippen molar-refractivity contribution in [2.24, 2.45) is 0 Å². The second-order valence-electron chi connectivity index (χ2n) is 14.0. The molecule has 0 unspecified atom stereocenters.